The van der Waals surface area contributed by atoms with Crippen LogP contribution >= 0.6 is 0 Å². The van der Waals surface area contributed by atoms with E-state index in [1.165, 1.54) is 105 Å². The zero-order valence-electron chi connectivity index (χ0n) is 38.0. The average Bonchev–Trinajstić information content (AvgIpc) is 3.24. The summed E-state index contributed by atoms with van der Waals surface area (Å²) in [5.74, 6) is 0. The van der Waals surface area contributed by atoms with E-state index in [2.05, 4.69) is 150 Å². The lowest BCUT2D eigenvalue weighted by molar-refractivity contribution is 0.795. The first-order valence-corrected chi connectivity index (χ1v) is 21.7. The van der Waals surface area contributed by atoms with Gasteiger partial charge in [0.25, 0.3) is 0 Å². The molecule has 0 atom stereocenters. The average molecular weight is 745 g/mol. The number of para-hydroxylation sites is 1. The van der Waals surface area contributed by atoms with Crippen LogP contribution in [0.2, 0.25) is 0 Å². The van der Waals surface area contributed by atoms with Crippen LogP contribution in [0.15, 0.2) is 115 Å². The number of unbranched alkanes of at least 4 members (excludes halogenated alkanes) is 1. The molecular formula is C53H80N2. The van der Waals surface area contributed by atoms with Crippen LogP contribution in [0.25, 0.3) is 27.8 Å². The normalized spacial score (nSPS) is 11.4. The Balaban J connectivity index is 0.00000111. The van der Waals surface area contributed by atoms with Crippen LogP contribution in [0.5, 0.6) is 0 Å². The molecule has 1 aliphatic rings. The van der Waals surface area contributed by atoms with Crippen LogP contribution in [0.4, 0.5) is 5.69 Å². The Bertz CT molecular complexity index is 1650. The first-order valence-electron chi connectivity index (χ1n) is 21.7. The van der Waals surface area contributed by atoms with E-state index in [-0.39, 0.29) is 0 Å². The summed E-state index contributed by atoms with van der Waals surface area (Å²) in [7, 11) is 0. The highest BCUT2D eigenvalue weighted by molar-refractivity contribution is 5.81. The number of nitrogens with one attached hydrogen (secondary N) is 2. The van der Waals surface area contributed by atoms with Gasteiger partial charge in [-0.15, -0.1) is 0 Å². The van der Waals surface area contributed by atoms with Crippen molar-refractivity contribution < 1.29 is 0 Å². The van der Waals surface area contributed by atoms with Crippen molar-refractivity contribution in [3.05, 3.63) is 142 Å². The Morgan fingerprint density at radius 2 is 1.07 bits per heavy atom. The molecule has 0 saturated carbocycles. The summed E-state index contributed by atoms with van der Waals surface area (Å²) < 4.78 is 0. The summed E-state index contributed by atoms with van der Waals surface area (Å²) in [6, 6.07) is 31.6. The molecule has 2 nitrogen and oxygen atoms in total. The number of hydrogen-bond donors (Lipinski definition) is 2. The summed E-state index contributed by atoms with van der Waals surface area (Å²) in [6.07, 6.45) is 14.8. The number of aryl methyl sites for hydroxylation is 4. The first-order chi connectivity index (χ1) is 26.8. The van der Waals surface area contributed by atoms with Crippen molar-refractivity contribution in [3.63, 3.8) is 0 Å². The van der Waals surface area contributed by atoms with Crippen LogP contribution < -0.4 is 10.6 Å². The number of allylic oxidation sites excluding steroid dienone is 4. The molecule has 5 rings (SSSR count). The number of rotatable bonds is 12. The molecule has 0 unspecified atom stereocenters. The Hall–Kier alpha value is -4.30. The standard InChI is InChI=1S/C33H38.C12H18N2.4C2H6/c1-5-7-9-26-12-16-29(17-13-26)32-21-31(28-14-10-24(3)11-15-28)22-33(23-32)30-19-18-27(8-6-2)25(4)20-30;1-4-13-8-9-14-12-10(2)6-5-7-11(12)3;4*1-2/h10-17,20-23H,5-9,18-19H2,1-4H3;5-9,13-14H,4H2,1-3H3;4*1-2H3/b;9-8-;;;;. The first kappa shape index (κ1) is 50.7. The lowest BCUT2D eigenvalue weighted by Crippen LogP contribution is -2.03. The van der Waals surface area contributed by atoms with Gasteiger partial charge in [-0.05, 0) is 135 Å². The molecule has 4 aromatic rings. The molecule has 0 radical (unpaired) electrons. The second kappa shape index (κ2) is 31.0. The summed E-state index contributed by atoms with van der Waals surface area (Å²) in [5, 5.41) is 6.39. The molecule has 0 heterocycles. The van der Waals surface area contributed by atoms with Gasteiger partial charge >= 0.3 is 0 Å². The topological polar surface area (TPSA) is 24.1 Å². The minimum Gasteiger partial charge on any atom is -0.390 e. The van der Waals surface area contributed by atoms with Crippen molar-refractivity contribution in [1.82, 2.24) is 5.32 Å². The molecule has 4 aromatic carbocycles. The molecule has 2 heteroatoms. The third-order valence-corrected chi connectivity index (χ3v) is 9.11. The van der Waals surface area contributed by atoms with Crippen LogP contribution in [-0.4, -0.2) is 6.54 Å². The van der Waals surface area contributed by atoms with Gasteiger partial charge in [0.1, 0.15) is 0 Å². The molecule has 0 aliphatic heterocycles. The highest BCUT2D eigenvalue weighted by Gasteiger charge is 2.14. The third-order valence-electron chi connectivity index (χ3n) is 9.11. The van der Waals surface area contributed by atoms with E-state index in [0.29, 0.717) is 0 Å². The monoisotopic (exact) mass is 745 g/mol. The maximum Gasteiger partial charge on any atom is 0.0439 e. The Morgan fingerprint density at radius 3 is 1.56 bits per heavy atom. The van der Waals surface area contributed by atoms with Crippen LogP contribution in [0, 0.1) is 20.8 Å². The third kappa shape index (κ3) is 17.8. The van der Waals surface area contributed by atoms with Gasteiger partial charge in [-0.3, -0.25) is 0 Å². The Labute approximate surface area is 340 Å². The molecule has 2 N–H and O–H groups in total. The minimum absolute atomic E-state index is 0.949. The Kier molecular flexibility index (Phi) is 28.5. The molecule has 302 valence electrons. The van der Waals surface area contributed by atoms with E-state index in [4.69, 9.17) is 0 Å². The fourth-order valence-electron chi connectivity index (χ4n) is 6.25. The quantitative estimate of drug-likeness (QED) is 0.151. The van der Waals surface area contributed by atoms with E-state index >= 15 is 0 Å². The van der Waals surface area contributed by atoms with Crippen LogP contribution in [0.3, 0.4) is 0 Å². The molecular weight excluding hydrogens is 665 g/mol. The van der Waals surface area contributed by atoms with Crippen molar-refractivity contribution in [1.29, 1.82) is 0 Å². The Morgan fingerprint density at radius 1 is 0.545 bits per heavy atom. The van der Waals surface area contributed by atoms with Gasteiger partial charge in [-0.25, -0.2) is 0 Å². The van der Waals surface area contributed by atoms with E-state index in [1.807, 2.05) is 67.8 Å². The van der Waals surface area contributed by atoms with Gasteiger partial charge < -0.3 is 10.6 Å². The fraction of sp³-hybridized carbons (Fsp3) is 0.434. The lowest BCUT2D eigenvalue weighted by Gasteiger charge is -2.20. The molecule has 0 aromatic heterocycles. The maximum atomic E-state index is 3.27. The lowest BCUT2D eigenvalue weighted by atomic mass is 9.85. The molecule has 55 heavy (non-hydrogen) atoms. The number of anilines is 1. The van der Waals surface area contributed by atoms with Crippen LogP contribution in [-0.2, 0) is 6.42 Å². The SMILES string of the molecule is CC.CC.CC.CC.CCCCc1ccc(-c2cc(C3=CC(C)=C(CCC)CC3)cc(-c3ccc(C)cc3)c2)cc1.CCN/C=C\Nc1c(C)cccc1C. The summed E-state index contributed by atoms with van der Waals surface area (Å²) >= 11 is 0. The van der Waals surface area contributed by atoms with Crippen molar-refractivity contribution >= 4 is 11.3 Å². The van der Waals surface area contributed by atoms with Gasteiger partial charge in [-0.2, -0.15) is 0 Å². The maximum absolute atomic E-state index is 3.27. The summed E-state index contributed by atoms with van der Waals surface area (Å²) in [4.78, 5) is 0. The van der Waals surface area contributed by atoms with Gasteiger partial charge in [-0.1, -0.05) is 172 Å². The van der Waals surface area contributed by atoms with Crippen molar-refractivity contribution in [2.45, 2.75) is 149 Å². The molecule has 0 spiro atoms. The summed E-state index contributed by atoms with van der Waals surface area (Å²) in [6.45, 7) is 32.2. The smallest absolute Gasteiger partial charge is 0.0439 e. The van der Waals surface area contributed by atoms with Crippen molar-refractivity contribution in [2.24, 2.45) is 0 Å². The molecule has 0 saturated heterocycles. The molecule has 0 amide bonds. The van der Waals surface area contributed by atoms with E-state index in [0.717, 1.165) is 13.0 Å². The summed E-state index contributed by atoms with van der Waals surface area (Å²) in [5.41, 5.74) is 17.6. The van der Waals surface area contributed by atoms with E-state index < -0.39 is 0 Å². The van der Waals surface area contributed by atoms with Gasteiger partial charge in [0.2, 0.25) is 0 Å². The predicted molar refractivity (Wildman–Crippen MR) is 253 cm³/mol. The van der Waals surface area contributed by atoms with E-state index in [1.54, 1.807) is 5.57 Å². The number of hydrogen-bond acceptors (Lipinski definition) is 2. The highest BCUT2D eigenvalue weighted by atomic mass is 14.9. The van der Waals surface area contributed by atoms with Crippen molar-refractivity contribution in [3.8, 4) is 22.3 Å². The van der Waals surface area contributed by atoms with Gasteiger partial charge in [0, 0.05) is 24.6 Å². The molecule has 1 aliphatic carbocycles. The van der Waals surface area contributed by atoms with Gasteiger partial charge in [0.05, 0.1) is 0 Å². The fourth-order valence-corrected chi connectivity index (χ4v) is 6.25. The second-order valence-corrected chi connectivity index (χ2v) is 13.0. The predicted octanol–water partition coefficient (Wildman–Crippen LogP) is 16.9. The van der Waals surface area contributed by atoms with Crippen molar-refractivity contribution in [2.75, 3.05) is 11.9 Å². The zero-order chi connectivity index (χ0) is 41.6. The van der Waals surface area contributed by atoms with E-state index in [9.17, 15) is 0 Å². The molecule has 0 bridgehead atoms. The minimum atomic E-state index is 0.949. The molecule has 0 fully saturated rings. The van der Waals surface area contributed by atoms with Gasteiger partial charge in [0.15, 0.2) is 0 Å². The second-order valence-electron chi connectivity index (χ2n) is 13.0. The van der Waals surface area contributed by atoms with Crippen LogP contribution in [0.1, 0.15) is 149 Å². The zero-order valence-corrected chi connectivity index (χ0v) is 38.0. The number of benzene rings is 4. The largest absolute Gasteiger partial charge is 0.390 e. The highest BCUT2D eigenvalue weighted by Crippen LogP contribution is 2.37.